The molecule has 0 aliphatic carbocycles. The normalized spacial score (nSPS) is 11.9. The van der Waals surface area contributed by atoms with E-state index in [1.807, 2.05) is 18.2 Å². The Morgan fingerprint density at radius 3 is 1.14 bits per heavy atom. The van der Waals surface area contributed by atoms with Crippen LogP contribution in [0.15, 0.2) is 271 Å². The van der Waals surface area contributed by atoms with Crippen molar-refractivity contribution in [2.75, 3.05) is 4.90 Å². The molecule has 0 saturated carbocycles. The third kappa shape index (κ3) is 6.59. The van der Waals surface area contributed by atoms with E-state index in [-0.39, 0.29) is 0 Å². The van der Waals surface area contributed by atoms with Crippen LogP contribution >= 0.6 is 0 Å². The van der Waals surface area contributed by atoms with Crippen LogP contribution < -0.4 is 4.90 Å². The lowest BCUT2D eigenvalue weighted by Crippen LogP contribution is -2.10. The first kappa shape index (κ1) is 42.4. The number of pyridine rings is 1. The number of nitrogens with zero attached hydrogens (tertiary/aromatic N) is 2. The van der Waals surface area contributed by atoms with Crippen molar-refractivity contribution in [2.24, 2.45) is 0 Å². The first-order valence-corrected chi connectivity index (χ1v) is 26.1. The molecule has 352 valence electrons. The molecule has 0 N–H and O–H groups in total. The molecule has 3 nitrogen and oxygen atoms in total. The number of anilines is 3. The van der Waals surface area contributed by atoms with E-state index in [0.29, 0.717) is 5.71 Å². The second kappa shape index (κ2) is 16.7. The van der Waals surface area contributed by atoms with Gasteiger partial charge in [-0.3, -0.25) is 0 Å². The molecule has 16 aromatic rings. The van der Waals surface area contributed by atoms with Crippen molar-refractivity contribution in [1.29, 1.82) is 0 Å². The number of para-hydroxylation sites is 1. The average molecular weight is 965 g/mol. The van der Waals surface area contributed by atoms with Crippen LogP contribution in [0.25, 0.3) is 142 Å². The van der Waals surface area contributed by atoms with E-state index in [2.05, 4.69) is 254 Å². The molecule has 0 amide bonds. The highest BCUT2D eigenvalue weighted by atomic mass is 16.3. The molecular weight excluding hydrogens is 921 g/mol. The van der Waals surface area contributed by atoms with Crippen molar-refractivity contribution in [3.8, 4) is 33.5 Å². The molecule has 3 heteroatoms. The second-order valence-corrected chi connectivity index (χ2v) is 20.2. The van der Waals surface area contributed by atoms with Gasteiger partial charge < -0.3 is 9.32 Å². The second-order valence-electron chi connectivity index (χ2n) is 20.2. The van der Waals surface area contributed by atoms with E-state index in [9.17, 15) is 0 Å². The molecule has 2 aromatic heterocycles. The molecule has 0 aliphatic heterocycles. The van der Waals surface area contributed by atoms with E-state index in [0.717, 1.165) is 44.7 Å². The van der Waals surface area contributed by atoms with Crippen LogP contribution in [0.3, 0.4) is 0 Å². The Labute approximate surface area is 437 Å². The molecule has 0 fully saturated rings. The molecule has 0 saturated heterocycles. The Balaban J connectivity index is 0.818. The zero-order valence-electron chi connectivity index (χ0n) is 41.2. The molecule has 76 heavy (non-hydrogen) atoms. The van der Waals surface area contributed by atoms with Crippen molar-refractivity contribution in [3.05, 3.63) is 267 Å². The summed E-state index contributed by atoms with van der Waals surface area (Å²) in [5.74, 6) is 0. The SMILES string of the molecule is c1ccc2c(c1)oc1nc(-c3ccc(N(c4ccc5cc(-c6cccc7c8ccccc8c8ccccc8c67)ccc5c4)c4ccc5cc(-c6cccc7c8ccccc8c8ccccc8c67)ccc5c4)cc3)ccc12. The smallest absolute Gasteiger partial charge is 0.227 e. The Kier molecular flexibility index (Phi) is 9.33. The number of benzene rings is 14. The topological polar surface area (TPSA) is 29.3 Å². The summed E-state index contributed by atoms with van der Waals surface area (Å²) in [6, 6.07) is 97.6. The lowest BCUT2D eigenvalue weighted by atomic mass is 9.89. The molecule has 0 unspecified atom stereocenters. The van der Waals surface area contributed by atoms with Gasteiger partial charge in [0.1, 0.15) is 5.58 Å². The predicted octanol–water partition coefficient (Wildman–Crippen LogP) is 20.7. The molecule has 0 aliphatic rings. The van der Waals surface area contributed by atoms with Crippen LogP contribution in [0.4, 0.5) is 17.1 Å². The first-order chi connectivity index (χ1) is 37.7. The van der Waals surface area contributed by atoms with Gasteiger partial charge in [0, 0.05) is 33.4 Å². The summed E-state index contributed by atoms with van der Waals surface area (Å²) in [4.78, 5) is 7.39. The maximum Gasteiger partial charge on any atom is 0.227 e. The van der Waals surface area contributed by atoms with Gasteiger partial charge in [-0.2, -0.15) is 0 Å². The molecule has 0 atom stereocenters. The molecular formula is C73H44N2O. The standard InChI is InChI=1S/C73H44N2O/c1-3-15-61-57(13-1)59-17-5-7-20-64(59)71-55(22-11-24-66(61)71)50-29-27-48-43-53(37-33-46(48)41-50)75(52-35-31-45(32-36-52)69-40-39-68-63-19-9-10-26-70(63)76-73(68)74-69)54-38-34-47-42-51(30-28-49(47)44-54)56-23-12-25-67-62-16-4-2-14-58(62)60-18-6-8-21-65(60)72(56)67/h1-44H. The maximum absolute atomic E-state index is 6.21. The zero-order chi connectivity index (χ0) is 49.8. The summed E-state index contributed by atoms with van der Waals surface area (Å²) < 4.78 is 6.21. The monoisotopic (exact) mass is 964 g/mol. The molecule has 16 rings (SSSR count). The van der Waals surface area contributed by atoms with Gasteiger partial charge in [-0.15, -0.1) is 0 Å². The van der Waals surface area contributed by atoms with Gasteiger partial charge in [-0.05, 0) is 175 Å². The largest absolute Gasteiger partial charge is 0.438 e. The average Bonchev–Trinajstić information content (AvgIpc) is 3.90. The molecule has 14 aromatic carbocycles. The zero-order valence-corrected chi connectivity index (χ0v) is 41.2. The van der Waals surface area contributed by atoms with Crippen LogP contribution in [-0.2, 0) is 0 Å². The van der Waals surface area contributed by atoms with Crippen LogP contribution in [0.5, 0.6) is 0 Å². The Bertz CT molecular complexity index is 4740. The number of rotatable bonds is 6. The lowest BCUT2D eigenvalue weighted by Gasteiger charge is -2.26. The minimum atomic E-state index is 0.646. The molecule has 2 heterocycles. The predicted molar refractivity (Wildman–Crippen MR) is 323 cm³/mol. The third-order valence-electron chi connectivity index (χ3n) is 16.0. The van der Waals surface area contributed by atoms with E-state index in [1.54, 1.807) is 0 Å². The third-order valence-corrected chi connectivity index (χ3v) is 16.0. The molecule has 0 radical (unpaired) electrons. The minimum Gasteiger partial charge on any atom is -0.438 e. The lowest BCUT2D eigenvalue weighted by molar-refractivity contribution is 0.654. The fourth-order valence-corrected chi connectivity index (χ4v) is 12.5. The fraction of sp³-hybridized carbons (Fsp3) is 0. The van der Waals surface area contributed by atoms with Gasteiger partial charge in [-0.1, -0.05) is 200 Å². The Morgan fingerprint density at radius 1 is 0.263 bits per heavy atom. The minimum absolute atomic E-state index is 0.646. The summed E-state index contributed by atoms with van der Waals surface area (Å²) in [6.07, 6.45) is 0. The number of aromatic nitrogens is 1. The fourth-order valence-electron chi connectivity index (χ4n) is 12.5. The van der Waals surface area contributed by atoms with Crippen LogP contribution in [0.2, 0.25) is 0 Å². The van der Waals surface area contributed by atoms with Crippen molar-refractivity contribution >= 4 is 125 Å². The maximum atomic E-state index is 6.21. The quantitative estimate of drug-likeness (QED) is 0.156. The number of hydrogen-bond acceptors (Lipinski definition) is 3. The van der Waals surface area contributed by atoms with Gasteiger partial charge >= 0.3 is 0 Å². The summed E-state index contributed by atoms with van der Waals surface area (Å²) in [7, 11) is 0. The first-order valence-electron chi connectivity index (χ1n) is 26.1. The van der Waals surface area contributed by atoms with Gasteiger partial charge in [0.05, 0.1) is 5.69 Å². The van der Waals surface area contributed by atoms with Crippen LogP contribution in [-0.4, -0.2) is 4.98 Å². The van der Waals surface area contributed by atoms with Crippen molar-refractivity contribution in [3.63, 3.8) is 0 Å². The van der Waals surface area contributed by atoms with Gasteiger partial charge in [-0.25, -0.2) is 4.98 Å². The summed E-state index contributed by atoms with van der Waals surface area (Å²) in [5, 5.41) is 22.2. The Hall–Kier alpha value is -10.1. The van der Waals surface area contributed by atoms with E-state index >= 15 is 0 Å². The highest BCUT2D eigenvalue weighted by Crippen LogP contribution is 2.45. The van der Waals surface area contributed by atoms with Gasteiger partial charge in [0.2, 0.25) is 5.71 Å². The van der Waals surface area contributed by atoms with Crippen molar-refractivity contribution in [2.45, 2.75) is 0 Å². The Morgan fingerprint density at radius 2 is 0.645 bits per heavy atom. The number of hydrogen-bond donors (Lipinski definition) is 0. The van der Waals surface area contributed by atoms with Gasteiger partial charge in [0.15, 0.2) is 0 Å². The summed E-state index contributed by atoms with van der Waals surface area (Å²) in [5.41, 5.74) is 11.5. The molecule has 0 spiro atoms. The highest BCUT2D eigenvalue weighted by molar-refractivity contribution is 6.30. The molecule has 0 bridgehead atoms. The number of furan rings is 1. The van der Waals surface area contributed by atoms with E-state index in [4.69, 9.17) is 9.40 Å². The van der Waals surface area contributed by atoms with Crippen LogP contribution in [0.1, 0.15) is 0 Å². The number of fused-ring (bicyclic) bond motifs is 17. The summed E-state index contributed by atoms with van der Waals surface area (Å²) in [6.45, 7) is 0. The van der Waals surface area contributed by atoms with E-state index < -0.39 is 0 Å². The van der Waals surface area contributed by atoms with Crippen molar-refractivity contribution < 1.29 is 4.42 Å². The summed E-state index contributed by atoms with van der Waals surface area (Å²) >= 11 is 0. The highest BCUT2D eigenvalue weighted by Gasteiger charge is 2.19. The van der Waals surface area contributed by atoms with Gasteiger partial charge in [0.25, 0.3) is 0 Å². The van der Waals surface area contributed by atoms with E-state index in [1.165, 1.54) is 108 Å². The van der Waals surface area contributed by atoms with Crippen molar-refractivity contribution in [1.82, 2.24) is 4.98 Å². The van der Waals surface area contributed by atoms with Crippen LogP contribution in [0, 0.1) is 0 Å².